The molecule has 66 valence electrons. The lowest BCUT2D eigenvalue weighted by atomic mass is 10.3. The van der Waals surface area contributed by atoms with Crippen LogP contribution in [0.15, 0.2) is 12.4 Å². The van der Waals surface area contributed by atoms with Crippen molar-refractivity contribution >= 4 is 11.6 Å². The fourth-order valence-corrected chi connectivity index (χ4v) is 0.911. The van der Waals surface area contributed by atoms with Crippen LogP contribution in [0.1, 0.15) is 11.4 Å². The lowest BCUT2D eigenvalue weighted by Crippen LogP contribution is -2.00. The number of rotatable bonds is 4. The summed E-state index contributed by atoms with van der Waals surface area (Å²) >= 11 is 5.58. The van der Waals surface area contributed by atoms with Gasteiger partial charge in [0.2, 0.25) is 0 Å². The number of hydrogen-bond acceptors (Lipinski definition) is 3. The van der Waals surface area contributed by atoms with Crippen molar-refractivity contribution in [2.24, 2.45) is 0 Å². The van der Waals surface area contributed by atoms with E-state index in [9.17, 15) is 0 Å². The van der Waals surface area contributed by atoms with Gasteiger partial charge in [0.1, 0.15) is 5.82 Å². The molecule has 0 unspecified atom stereocenters. The minimum Gasteiger partial charge on any atom is -0.384 e. The van der Waals surface area contributed by atoms with Crippen molar-refractivity contribution in [3.63, 3.8) is 0 Å². The van der Waals surface area contributed by atoms with Crippen LogP contribution in [0.3, 0.4) is 0 Å². The molecule has 0 aliphatic carbocycles. The predicted molar refractivity (Wildman–Crippen MR) is 47.2 cm³/mol. The number of methoxy groups -OCH3 is 1. The molecule has 0 radical (unpaired) electrons. The van der Waals surface area contributed by atoms with Gasteiger partial charge in [-0.05, 0) is 0 Å². The lowest BCUT2D eigenvalue weighted by Gasteiger charge is -1.98. The molecule has 0 saturated carbocycles. The maximum Gasteiger partial charge on any atom is 0.130 e. The predicted octanol–water partition coefficient (Wildman–Crippen LogP) is 1.40. The highest BCUT2D eigenvalue weighted by atomic mass is 35.5. The van der Waals surface area contributed by atoms with Crippen LogP contribution in [0.25, 0.3) is 0 Å². The zero-order valence-corrected chi connectivity index (χ0v) is 7.71. The van der Waals surface area contributed by atoms with Crippen molar-refractivity contribution in [2.75, 3.05) is 13.7 Å². The number of ether oxygens (including phenoxy) is 1. The number of aromatic nitrogens is 2. The van der Waals surface area contributed by atoms with E-state index >= 15 is 0 Å². The molecule has 0 spiro atoms. The first-order valence-electron chi connectivity index (χ1n) is 3.71. The molecule has 3 nitrogen and oxygen atoms in total. The van der Waals surface area contributed by atoms with Gasteiger partial charge in [-0.2, -0.15) is 0 Å². The summed E-state index contributed by atoms with van der Waals surface area (Å²) < 4.78 is 4.90. The van der Waals surface area contributed by atoms with Crippen molar-refractivity contribution in [1.29, 1.82) is 0 Å². The molecule has 0 atom stereocenters. The van der Waals surface area contributed by atoms with Crippen LogP contribution in [0.2, 0.25) is 0 Å². The third kappa shape index (κ3) is 2.75. The minimum absolute atomic E-state index is 0.463. The summed E-state index contributed by atoms with van der Waals surface area (Å²) in [5, 5.41) is 0. The van der Waals surface area contributed by atoms with Gasteiger partial charge in [0.15, 0.2) is 0 Å². The Balaban J connectivity index is 2.53. The highest BCUT2D eigenvalue weighted by molar-refractivity contribution is 6.17. The van der Waals surface area contributed by atoms with Gasteiger partial charge in [0, 0.05) is 31.5 Å². The van der Waals surface area contributed by atoms with E-state index in [1.165, 1.54) is 0 Å². The lowest BCUT2D eigenvalue weighted by molar-refractivity contribution is 0.200. The average molecular weight is 187 g/mol. The fraction of sp³-hybridized carbons (Fsp3) is 0.500. The van der Waals surface area contributed by atoms with E-state index in [0.717, 1.165) is 17.8 Å². The Morgan fingerprint density at radius 3 is 2.58 bits per heavy atom. The smallest absolute Gasteiger partial charge is 0.130 e. The van der Waals surface area contributed by atoms with Gasteiger partial charge in [-0.3, -0.25) is 0 Å². The molecular weight excluding hydrogens is 176 g/mol. The Kier molecular flexibility index (Phi) is 3.97. The SMILES string of the molecule is COCCc1ncc(CCl)cn1. The molecule has 0 amide bonds. The first kappa shape index (κ1) is 9.42. The van der Waals surface area contributed by atoms with Crippen LogP contribution in [-0.4, -0.2) is 23.7 Å². The van der Waals surface area contributed by atoms with Gasteiger partial charge in [-0.25, -0.2) is 9.97 Å². The van der Waals surface area contributed by atoms with E-state index in [1.54, 1.807) is 19.5 Å². The first-order valence-corrected chi connectivity index (χ1v) is 4.25. The highest BCUT2D eigenvalue weighted by Gasteiger charge is 1.95. The molecule has 0 saturated heterocycles. The van der Waals surface area contributed by atoms with E-state index in [4.69, 9.17) is 16.3 Å². The van der Waals surface area contributed by atoms with Crippen molar-refractivity contribution in [3.8, 4) is 0 Å². The van der Waals surface area contributed by atoms with E-state index < -0.39 is 0 Å². The molecule has 0 aromatic carbocycles. The van der Waals surface area contributed by atoms with E-state index in [-0.39, 0.29) is 0 Å². The van der Waals surface area contributed by atoms with Gasteiger partial charge < -0.3 is 4.74 Å². The van der Waals surface area contributed by atoms with Crippen LogP contribution >= 0.6 is 11.6 Å². The summed E-state index contributed by atoms with van der Waals surface area (Å²) in [7, 11) is 1.66. The van der Waals surface area contributed by atoms with Crippen LogP contribution in [0.5, 0.6) is 0 Å². The molecule has 0 N–H and O–H groups in total. The maximum atomic E-state index is 5.58. The van der Waals surface area contributed by atoms with Crippen LogP contribution in [0.4, 0.5) is 0 Å². The number of nitrogens with zero attached hydrogens (tertiary/aromatic N) is 2. The average Bonchev–Trinajstić information content (AvgIpc) is 2.15. The third-order valence-corrected chi connectivity index (χ3v) is 1.75. The number of halogens is 1. The van der Waals surface area contributed by atoms with Crippen LogP contribution < -0.4 is 0 Å². The molecule has 0 aliphatic rings. The Labute approximate surface area is 76.7 Å². The Morgan fingerprint density at radius 1 is 1.42 bits per heavy atom. The Bertz CT molecular complexity index is 225. The van der Waals surface area contributed by atoms with E-state index in [0.29, 0.717) is 12.5 Å². The molecule has 0 bridgehead atoms. The topological polar surface area (TPSA) is 35.0 Å². The molecule has 1 aromatic rings. The van der Waals surface area contributed by atoms with Gasteiger partial charge in [-0.15, -0.1) is 11.6 Å². The second kappa shape index (κ2) is 5.06. The van der Waals surface area contributed by atoms with Crippen molar-refractivity contribution in [1.82, 2.24) is 9.97 Å². The van der Waals surface area contributed by atoms with Gasteiger partial charge in [-0.1, -0.05) is 0 Å². The summed E-state index contributed by atoms with van der Waals surface area (Å²) in [4.78, 5) is 8.22. The molecular formula is C8H11ClN2O. The second-order valence-corrected chi connectivity index (χ2v) is 2.65. The zero-order valence-electron chi connectivity index (χ0n) is 6.96. The number of hydrogen-bond donors (Lipinski definition) is 0. The summed E-state index contributed by atoms with van der Waals surface area (Å²) in [5.41, 5.74) is 0.942. The quantitative estimate of drug-likeness (QED) is 0.667. The fourth-order valence-electron chi connectivity index (χ4n) is 0.773. The molecule has 4 heteroatoms. The molecule has 0 fully saturated rings. The van der Waals surface area contributed by atoms with Gasteiger partial charge in [0.25, 0.3) is 0 Å². The Hall–Kier alpha value is -0.670. The first-order chi connectivity index (χ1) is 5.86. The molecule has 1 rings (SSSR count). The van der Waals surface area contributed by atoms with Crippen molar-refractivity contribution < 1.29 is 4.74 Å². The largest absolute Gasteiger partial charge is 0.384 e. The minimum atomic E-state index is 0.463. The zero-order chi connectivity index (χ0) is 8.81. The second-order valence-electron chi connectivity index (χ2n) is 2.38. The summed E-state index contributed by atoms with van der Waals surface area (Å²) in [5.74, 6) is 1.26. The normalized spacial score (nSPS) is 10.2. The molecule has 1 aromatic heterocycles. The monoisotopic (exact) mass is 186 g/mol. The van der Waals surface area contributed by atoms with E-state index in [2.05, 4.69) is 9.97 Å². The maximum absolute atomic E-state index is 5.58. The standard InChI is InChI=1S/C8H11ClN2O/c1-12-3-2-8-10-5-7(4-9)6-11-8/h5-6H,2-4H2,1H3. The highest BCUT2D eigenvalue weighted by Crippen LogP contribution is 2.00. The third-order valence-electron chi connectivity index (χ3n) is 1.44. The molecule has 0 aliphatic heterocycles. The Morgan fingerprint density at radius 2 is 2.08 bits per heavy atom. The van der Waals surface area contributed by atoms with Gasteiger partial charge >= 0.3 is 0 Å². The van der Waals surface area contributed by atoms with Gasteiger partial charge in [0.05, 0.1) is 12.5 Å². The van der Waals surface area contributed by atoms with Crippen LogP contribution in [-0.2, 0) is 17.0 Å². The van der Waals surface area contributed by atoms with E-state index in [1.807, 2.05) is 0 Å². The number of alkyl halides is 1. The van der Waals surface area contributed by atoms with Crippen molar-refractivity contribution in [2.45, 2.75) is 12.3 Å². The summed E-state index contributed by atoms with van der Waals surface area (Å²) in [6, 6.07) is 0. The summed E-state index contributed by atoms with van der Waals surface area (Å²) in [6.45, 7) is 0.653. The molecule has 1 heterocycles. The summed E-state index contributed by atoms with van der Waals surface area (Å²) in [6.07, 6.45) is 4.23. The van der Waals surface area contributed by atoms with Crippen LogP contribution in [0, 0.1) is 0 Å². The molecule has 12 heavy (non-hydrogen) atoms. The van der Waals surface area contributed by atoms with Crippen molar-refractivity contribution in [3.05, 3.63) is 23.8 Å².